The third-order valence-electron chi connectivity index (χ3n) is 4.11. The minimum atomic E-state index is -0.0544. The maximum Gasteiger partial charge on any atom is 0.226 e. The Labute approximate surface area is 165 Å². The highest BCUT2D eigenvalue weighted by molar-refractivity contribution is 5.92. The molecule has 6 heteroatoms. The number of nitrogens with zero attached hydrogens (tertiary/aromatic N) is 2. The molecule has 0 bridgehead atoms. The van der Waals surface area contributed by atoms with Gasteiger partial charge in [0.2, 0.25) is 5.91 Å². The number of aromatic nitrogens is 2. The molecule has 0 atom stereocenters. The number of carbonyl (C=O) groups is 1. The van der Waals surface area contributed by atoms with Crippen LogP contribution in [0.5, 0.6) is 0 Å². The van der Waals surface area contributed by atoms with Crippen molar-refractivity contribution in [2.24, 2.45) is 5.92 Å². The van der Waals surface area contributed by atoms with E-state index in [2.05, 4.69) is 45.0 Å². The van der Waals surface area contributed by atoms with Crippen molar-refractivity contribution in [3.8, 4) is 0 Å². The summed E-state index contributed by atoms with van der Waals surface area (Å²) in [6, 6.07) is 17.5. The van der Waals surface area contributed by atoms with E-state index in [9.17, 15) is 4.79 Å². The van der Waals surface area contributed by atoms with Crippen molar-refractivity contribution in [2.45, 2.75) is 27.7 Å². The molecule has 3 aromatic rings. The van der Waals surface area contributed by atoms with Crippen LogP contribution in [-0.4, -0.2) is 15.9 Å². The Hall–Kier alpha value is -3.41. The molecule has 0 saturated heterocycles. The van der Waals surface area contributed by atoms with Crippen LogP contribution in [0, 0.1) is 19.8 Å². The van der Waals surface area contributed by atoms with E-state index in [0.717, 1.165) is 22.9 Å². The SMILES string of the molecule is Cc1ccc(Nc2cc(Nc3ccc(NC(=O)C(C)C)cc3)nc(C)n2)cc1. The Morgan fingerprint density at radius 2 is 1.25 bits per heavy atom. The first-order chi connectivity index (χ1) is 13.4. The number of hydrogen-bond acceptors (Lipinski definition) is 5. The summed E-state index contributed by atoms with van der Waals surface area (Å²) in [5.74, 6) is 2.03. The second kappa shape index (κ2) is 8.52. The second-order valence-corrected chi connectivity index (χ2v) is 7.02. The summed E-state index contributed by atoms with van der Waals surface area (Å²) < 4.78 is 0. The van der Waals surface area contributed by atoms with Gasteiger partial charge in [-0.25, -0.2) is 9.97 Å². The summed E-state index contributed by atoms with van der Waals surface area (Å²) in [5, 5.41) is 9.46. The highest BCUT2D eigenvalue weighted by Crippen LogP contribution is 2.22. The first-order valence-corrected chi connectivity index (χ1v) is 9.26. The number of anilines is 5. The number of benzene rings is 2. The van der Waals surface area contributed by atoms with E-state index in [-0.39, 0.29) is 11.8 Å². The van der Waals surface area contributed by atoms with Gasteiger partial charge in [-0.05, 0) is 50.2 Å². The van der Waals surface area contributed by atoms with Gasteiger partial charge in [0.1, 0.15) is 17.5 Å². The number of nitrogens with one attached hydrogen (secondary N) is 3. The zero-order chi connectivity index (χ0) is 20.1. The lowest BCUT2D eigenvalue weighted by molar-refractivity contribution is -0.118. The summed E-state index contributed by atoms with van der Waals surface area (Å²) in [4.78, 5) is 20.7. The van der Waals surface area contributed by atoms with E-state index < -0.39 is 0 Å². The normalized spacial score (nSPS) is 10.6. The smallest absolute Gasteiger partial charge is 0.226 e. The third kappa shape index (κ3) is 5.30. The summed E-state index contributed by atoms with van der Waals surface area (Å²) in [6.07, 6.45) is 0. The quantitative estimate of drug-likeness (QED) is 0.553. The maximum atomic E-state index is 11.8. The number of carbonyl (C=O) groups excluding carboxylic acids is 1. The monoisotopic (exact) mass is 375 g/mol. The van der Waals surface area contributed by atoms with Crippen LogP contribution >= 0.6 is 0 Å². The molecule has 0 radical (unpaired) electrons. The number of hydrogen-bond donors (Lipinski definition) is 3. The van der Waals surface area contributed by atoms with Crippen LogP contribution in [0.25, 0.3) is 0 Å². The topological polar surface area (TPSA) is 78.9 Å². The van der Waals surface area contributed by atoms with Crippen molar-refractivity contribution >= 4 is 34.6 Å². The minimum absolute atomic E-state index is 0.000966. The lowest BCUT2D eigenvalue weighted by Gasteiger charge is -2.12. The van der Waals surface area contributed by atoms with E-state index in [1.54, 1.807) is 0 Å². The first-order valence-electron chi connectivity index (χ1n) is 9.26. The standard InChI is InChI=1S/C22H25N5O/c1-14(2)22(28)27-19-11-9-18(10-12-19)26-21-13-20(23-16(4)24-21)25-17-7-5-15(3)6-8-17/h5-14H,1-4H3,(H,27,28)(H2,23,24,25,26). The molecule has 28 heavy (non-hydrogen) atoms. The number of aryl methyl sites for hydroxylation is 2. The van der Waals surface area contributed by atoms with Crippen LogP contribution in [0.3, 0.4) is 0 Å². The van der Waals surface area contributed by atoms with Gasteiger partial charge in [0.25, 0.3) is 0 Å². The zero-order valence-electron chi connectivity index (χ0n) is 16.6. The molecule has 0 unspecified atom stereocenters. The molecule has 3 N–H and O–H groups in total. The van der Waals surface area contributed by atoms with Crippen LogP contribution in [0.15, 0.2) is 54.6 Å². The second-order valence-electron chi connectivity index (χ2n) is 7.02. The largest absolute Gasteiger partial charge is 0.340 e. The predicted octanol–water partition coefficient (Wildman–Crippen LogP) is 5.18. The fourth-order valence-corrected chi connectivity index (χ4v) is 2.55. The van der Waals surface area contributed by atoms with Crippen LogP contribution in [0.1, 0.15) is 25.2 Å². The predicted molar refractivity (Wildman–Crippen MR) is 114 cm³/mol. The number of amides is 1. The molecule has 0 spiro atoms. The molecule has 0 fully saturated rings. The Kier molecular flexibility index (Phi) is 5.89. The van der Waals surface area contributed by atoms with E-state index in [1.165, 1.54) is 5.56 Å². The van der Waals surface area contributed by atoms with E-state index in [1.807, 2.05) is 63.2 Å². The van der Waals surface area contributed by atoms with Crippen molar-refractivity contribution in [1.29, 1.82) is 0 Å². The molecule has 1 heterocycles. The highest BCUT2D eigenvalue weighted by atomic mass is 16.1. The van der Waals surface area contributed by atoms with Gasteiger partial charge < -0.3 is 16.0 Å². The molecule has 0 aliphatic carbocycles. The van der Waals surface area contributed by atoms with Gasteiger partial charge in [-0.3, -0.25) is 4.79 Å². The van der Waals surface area contributed by atoms with E-state index in [0.29, 0.717) is 11.6 Å². The summed E-state index contributed by atoms with van der Waals surface area (Å²) in [6.45, 7) is 7.64. The lowest BCUT2D eigenvalue weighted by Crippen LogP contribution is -2.17. The lowest BCUT2D eigenvalue weighted by atomic mass is 10.2. The Balaban J connectivity index is 1.71. The van der Waals surface area contributed by atoms with Gasteiger partial charge in [0.05, 0.1) is 0 Å². The van der Waals surface area contributed by atoms with Gasteiger partial charge in [0, 0.05) is 29.0 Å². The van der Waals surface area contributed by atoms with Crippen molar-refractivity contribution < 1.29 is 4.79 Å². The highest BCUT2D eigenvalue weighted by Gasteiger charge is 2.07. The zero-order valence-corrected chi connectivity index (χ0v) is 16.6. The van der Waals surface area contributed by atoms with E-state index in [4.69, 9.17) is 0 Å². The van der Waals surface area contributed by atoms with Gasteiger partial charge >= 0.3 is 0 Å². The molecule has 144 valence electrons. The molecule has 0 saturated carbocycles. The van der Waals surface area contributed by atoms with Crippen LogP contribution < -0.4 is 16.0 Å². The average molecular weight is 375 g/mol. The van der Waals surface area contributed by atoms with Crippen molar-refractivity contribution in [2.75, 3.05) is 16.0 Å². The van der Waals surface area contributed by atoms with Crippen molar-refractivity contribution in [3.63, 3.8) is 0 Å². The summed E-state index contributed by atoms with van der Waals surface area (Å²) in [7, 11) is 0. The molecule has 1 amide bonds. The molecular formula is C22H25N5O. The Bertz CT molecular complexity index is 950. The van der Waals surface area contributed by atoms with Crippen LogP contribution in [-0.2, 0) is 4.79 Å². The summed E-state index contributed by atoms with van der Waals surface area (Å²) in [5.41, 5.74) is 3.83. The van der Waals surface area contributed by atoms with Crippen molar-refractivity contribution in [3.05, 3.63) is 66.0 Å². The Morgan fingerprint density at radius 1 is 0.786 bits per heavy atom. The fraction of sp³-hybridized carbons (Fsp3) is 0.227. The third-order valence-corrected chi connectivity index (χ3v) is 4.11. The minimum Gasteiger partial charge on any atom is -0.340 e. The van der Waals surface area contributed by atoms with Crippen LogP contribution in [0.2, 0.25) is 0 Å². The van der Waals surface area contributed by atoms with Gasteiger partial charge in [-0.2, -0.15) is 0 Å². The van der Waals surface area contributed by atoms with Gasteiger partial charge in [-0.15, -0.1) is 0 Å². The average Bonchev–Trinajstić information content (AvgIpc) is 2.64. The van der Waals surface area contributed by atoms with Gasteiger partial charge in [-0.1, -0.05) is 31.5 Å². The number of rotatable bonds is 6. The molecular weight excluding hydrogens is 350 g/mol. The first kappa shape index (κ1) is 19.4. The Morgan fingerprint density at radius 3 is 1.75 bits per heavy atom. The summed E-state index contributed by atoms with van der Waals surface area (Å²) >= 11 is 0. The van der Waals surface area contributed by atoms with Crippen LogP contribution in [0.4, 0.5) is 28.7 Å². The molecule has 6 nitrogen and oxygen atoms in total. The van der Waals surface area contributed by atoms with Gasteiger partial charge in [0.15, 0.2) is 0 Å². The maximum absolute atomic E-state index is 11.8. The molecule has 1 aromatic heterocycles. The van der Waals surface area contributed by atoms with E-state index >= 15 is 0 Å². The molecule has 2 aromatic carbocycles. The van der Waals surface area contributed by atoms with Crippen molar-refractivity contribution in [1.82, 2.24) is 9.97 Å². The molecule has 0 aliphatic heterocycles. The fourth-order valence-electron chi connectivity index (χ4n) is 2.55. The molecule has 0 aliphatic rings. The molecule has 3 rings (SSSR count).